The van der Waals surface area contributed by atoms with Crippen LogP contribution in [-0.4, -0.2) is 34.6 Å². The van der Waals surface area contributed by atoms with E-state index in [1.54, 1.807) is 24.0 Å². The lowest BCUT2D eigenvalue weighted by molar-refractivity contribution is -0.0669. The first kappa shape index (κ1) is 12.1. The normalized spacial score (nSPS) is 18.1. The predicted octanol–water partition coefficient (Wildman–Crippen LogP) is 2.15. The fourth-order valence-corrected chi connectivity index (χ4v) is 2.49. The number of rotatable bonds is 1. The quantitative estimate of drug-likeness (QED) is 0.788. The largest absolute Gasteiger partial charge is 0.386 e. The molecule has 1 aliphatic heterocycles. The highest BCUT2D eigenvalue weighted by atomic mass is 127. The van der Waals surface area contributed by atoms with Crippen LogP contribution in [0.2, 0.25) is 5.02 Å². The van der Waals surface area contributed by atoms with E-state index in [2.05, 4.69) is 22.6 Å². The number of hydrogen-bond donors (Lipinski definition) is 1. The number of likely N-dealkylation sites (tertiary alicyclic amines) is 1. The SMILES string of the molecule is CC1(O)CN(C(=O)c2cc(Cl)ccc2I)C1. The Morgan fingerprint density at radius 1 is 1.56 bits per heavy atom. The topological polar surface area (TPSA) is 40.5 Å². The lowest BCUT2D eigenvalue weighted by atomic mass is 9.96. The summed E-state index contributed by atoms with van der Waals surface area (Å²) in [6.45, 7) is 2.49. The Hall–Kier alpha value is -0.330. The van der Waals surface area contributed by atoms with Crippen LogP contribution in [0.3, 0.4) is 0 Å². The standard InChI is InChI=1S/C11H11ClINO2/c1-11(16)5-14(6-11)10(15)8-4-7(12)2-3-9(8)13/h2-4,16H,5-6H2,1H3. The number of hydrogen-bond acceptors (Lipinski definition) is 2. The van der Waals surface area contributed by atoms with E-state index < -0.39 is 5.60 Å². The molecule has 0 aromatic heterocycles. The molecule has 0 unspecified atom stereocenters. The Morgan fingerprint density at radius 3 is 2.75 bits per heavy atom. The van der Waals surface area contributed by atoms with Gasteiger partial charge in [0.25, 0.3) is 5.91 Å². The number of β-amino-alcohol motifs (C(OH)–C–C–N with tert-alkyl or cyclic N) is 1. The van der Waals surface area contributed by atoms with Gasteiger partial charge in [-0.05, 0) is 47.7 Å². The number of amides is 1. The summed E-state index contributed by atoms with van der Waals surface area (Å²) in [6, 6.07) is 5.24. The molecular weight excluding hydrogens is 340 g/mol. The molecule has 16 heavy (non-hydrogen) atoms. The molecule has 0 saturated carbocycles. The molecule has 2 rings (SSSR count). The van der Waals surface area contributed by atoms with Crippen LogP contribution in [0, 0.1) is 3.57 Å². The van der Waals surface area contributed by atoms with E-state index in [-0.39, 0.29) is 5.91 Å². The second-order valence-electron chi connectivity index (χ2n) is 4.28. The van der Waals surface area contributed by atoms with Crippen molar-refractivity contribution in [2.24, 2.45) is 0 Å². The van der Waals surface area contributed by atoms with Crippen LogP contribution >= 0.6 is 34.2 Å². The molecule has 0 spiro atoms. The molecule has 1 heterocycles. The average molecular weight is 352 g/mol. The smallest absolute Gasteiger partial charge is 0.255 e. The molecule has 86 valence electrons. The minimum absolute atomic E-state index is 0.0709. The van der Waals surface area contributed by atoms with Gasteiger partial charge >= 0.3 is 0 Å². The zero-order valence-corrected chi connectivity index (χ0v) is 11.6. The molecule has 1 aromatic rings. The van der Waals surface area contributed by atoms with Crippen LogP contribution < -0.4 is 0 Å². The van der Waals surface area contributed by atoms with Crippen molar-refractivity contribution in [2.75, 3.05) is 13.1 Å². The molecule has 3 nitrogen and oxygen atoms in total. The Balaban J connectivity index is 2.19. The summed E-state index contributed by atoms with van der Waals surface area (Å²) in [5, 5.41) is 10.1. The van der Waals surface area contributed by atoms with E-state index in [1.807, 2.05) is 6.07 Å². The van der Waals surface area contributed by atoms with Gasteiger partial charge in [-0.25, -0.2) is 0 Å². The molecule has 0 bridgehead atoms. The van der Waals surface area contributed by atoms with Gasteiger partial charge in [0.15, 0.2) is 0 Å². The summed E-state index contributed by atoms with van der Waals surface area (Å²) >= 11 is 7.97. The Bertz CT molecular complexity index is 440. The molecule has 1 amide bonds. The summed E-state index contributed by atoms with van der Waals surface area (Å²) in [5.41, 5.74) is -0.136. The van der Waals surface area contributed by atoms with Gasteiger partial charge in [0, 0.05) is 8.59 Å². The van der Waals surface area contributed by atoms with Crippen LogP contribution in [0.5, 0.6) is 0 Å². The van der Waals surface area contributed by atoms with E-state index in [0.29, 0.717) is 23.7 Å². The van der Waals surface area contributed by atoms with Gasteiger partial charge in [-0.1, -0.05) is 11.6 Å². The lowest BCUT2D eigenvalue weighted by Crippen LogP contribution is -2.61. The minimum atomic E-state index is -0.736. The number of benzene rings is 1. The third-order valence-corrected chi connectivity index (χ3v) is 3.68. The van der Waals surface area contributed by atoms with Gasteiger partial charge in [0.1, 0.15) is 0 Å². The Labute approximate surface area is 113 Å². The van der Waals surface area contributed by atoms with E-state index >= 15 is 0 Å². The van der Waals surface area contributed by atoms with Crippen LogP contribution in [0.25, 0.3) is 0 Å². The van der Waals surface area contributed by atoms with E-state index in [1.165, 1.54) is 0 Å². The number of aliphatic hydroxyl groups is 1. The Morgan fingerprint density at radius 2 is 2.19 bits per heavy atom. The zero-order chi connectivity index (χ0) is 11.9. The second-order valence-corrected chi connectivity index (χ2v) is 5.88. The molecule has 0 aliphatic carbocycles. The van der Waals surface area contributed by atoms with Gasteiger partial charge < -0.3 is 10.0 Å². The molecular formula is C11H11ClINO2. The van der Waals surface area contributed by atoms with Gasteiger partial charge in [0.05, 0.1) is 24.3 Å². The van der Waals surface area contributed by atoms with Crippen LogP contribution in [0.4, 0.5) is 0 Å². The number of carbonyl (C=O) groups is 1. The Kier molecular flexibility index (Phi) is 3.16. The summed E-state index contributed by atoms with van der Waals surface area (Å²) in [5.74, 6) is -0.0709. The van der Waals surface area contributed by atoms with Gasteiger partial charge in [0.2, 0.25) is 0 Å². The summed E-state index contributed by atoms with van der Waals surface area (Å²) in [4.78, 5) is 13.7. The van der Waals surface area contributed by atoms with Crippen molar-refractivity contribution in [3.8, 4) is 0 Å². The number of carbonyl (C=O) groups excluding carboxylic acids is 1. The zero-order valence-electron chi connectivity index (χ0n) is 8.70. The maximum absolute atomic E-state index is 12.0. The van der Waals surface area contributed by atoms with Crippen molar-refractivity contribution in [2.45, 2.75) is 12.5 Å². The minimum Gasteiger partial charge on any atom is -0.386 e. The molecule has 0 atom stereocenters. The van der Waals surface area contributed by atoms with Crippen molar-refractivity contribution in [1.29, 1.82) is 0 Å². The predicted molar refractivity (Wildman–Crippen MR) is 70.7 cm³/mol. The van der Waals surface area contributed by atoms with Gasteiger partial charge in [-0.15, -0.1) is 0 Å². The van der Waals surface area contributed by atoms with Gasteiger partial charge in [-0.2, -0.15) is 0 Å². The number of halogens is 2. The highest BCUT2D eigenvalue weighted by Crippen LogP contribution is 2.25. The first-order valence-electron chi connectivity index (χ1n) is 4.86. The molecule has 1 aromatic carbocycles. The molecule has 1 fully saturated rings. The van der Waals surface area contributed by atoms with E-state index in [0.717, 1.165) is 3.57 Å². The van der Waals surface area contributed by atoms with Crippen LogP contribution in [0.15, 0.2) is 18.2 Å². The maximum Gasteiger partial charge on any atom is 0.255 e. The summed E-state index contributed by atoms with van der Waals surface area (Å²) in [6.07, 6.45) is 0. The molecule has 0 radical (unpaired) electrons. The monoisotopic (exact) mass is 351 g/mol. The van der Waals surface area contributed by atoms with Crippen molar-refractivity contribution >= 4 is 40.1 Å². The third-order valence-electron chi connectivity index (χ3n) is 2.51. The summed E-state index contributed by atoms with van der Waals surface area (Å²) in [7, 11) is 0. The van der Waals surface area contributed by atoms with E-state index in [9.17, 15) is 9.90 Å². The highest BCUT2D eigenvalue weighted by Gasteiger charge is 2.40. The third kappa shape index (κ3) is 2.33. The fraction of sp³-hybridized carbons (Fsp3) is 0.364. The summed E-state index contributed by atoms with van der Waals surface area (Å²) < 4.78 is 0.874. The van der Waals surface area contributed by atoms with Crippen molar-refractivity contribution in [3.05, 3.63) is 32.4 Å². The first-order valence-corrected chi connectivity index (χ1v) is 6.31. The van der Waals surface area contributed by atoms with Crippen molar-refractivity contribution in [3.63, 3.8) is 0 Å². The highest BCUT2D eigenvalue weighted by molar-refractivity contribution is 14.1. The lowest BCUT2D eigenvalue weighted by Gasteiger charge is -2.44. The number of nitrogens with zero attached hydrogens (tertiary/aromatic N) is 1. The average Bonchev–Trinajstić information content (AvgIpc) is 2.17. The van der Waals surface area contributed by atoms with Crippen molar-refractivity contribution in [1.82, 2.24) is 4.90 Å². The van der Waals surface area contributed by atoms with Crippen LogP contribution in [0.1, 0.15) is 17.3 Å². The molecule has 1 aliphatic rings. The van der Waals surface area contributed by atoms with Crippen molar-refractivity contribution < 1.29 is 9.90 Å². The fourth-order valence-electron chi connectivity index (χ4n) is 1.75. The van der Waals surface area contributed by atoms with E-state index in [4.69, 9.17) is 11.6 Å². The molecule has 1 saturated heterocycles. The molecule has 1 N–H and O–H groups in total. The van der Waals surface area contributed by atoms with Gasteiger partial charge in [-0.3, -0.25) is 4.79 Å². The maximum atomic E-state index is 12.0. The first-order chi connectivity index (χ1) is 7.39. The van der Waals surface area contributed by atoms with Crippen LogP contribution in [-0.2, 0) is 0 Å². The molecule has 5 heteroatoms. The second kappa shape index (κ2) is 4.16.